The minimum atomic E-state index is -0.228. The molecular weight excluding hydrogens is 278 g/mol. The molecule has 1 unspecified atom stereocenters. The average Bonchev–Trinajstić information content (AvgIpc) is 2.91. The number of hydrogen-bond donors (Lipinski definition) is 1. The topological polar surface area (TPSA) is 64.7 Å². The third-order valence-corrected chi connectivity index (χ3v) is 3.56. The van der Waals surface area contributed by atoms with Crippen LogP contribution in [0.5, 0.6) is 0 Å². The molecule has 0 aliphatic heterocycles. The lowest BCUT2D eigenvalue weighted by molar-refractivity contribution is 0.0938. The first-order valence-electron chi connectivity index (χ1n) is 6.38. The predicted molar refractivity (Wildman–Crippen MR) is 77.0 cm³/mol. The Bertz CT molecular complexity index is 631. The summed E-state index contributed by atoms with van der Waals surface area (Å²) in [7, 11) is 1.70. The van der Waals surface area contributed by atoms with Crippen LogP contribution < -0.4 is 5.32 Å². The highest BCUT2D eigenvalue weighted by Gasteiger charge is 2.19. The van der Waals surface area contributed by atoms with Gasteiger partial charge in [0, 0.05) is 19.8 Å². The van der Waals surface area contributed by atoms with E-state index in [1.54, 1.807) is 20.2 Å². The Morgan fingerprint density at radius 1 is 1.50 bits per heavy atom. The van der Waals surface area contributed by atoms with Gasteiger partial charge in [-0.05, 0) is 26.3 Å². The molecule has 0 spiro atoms. The lowest BCUT2D eigenvalue weighted by Gasteiger charge is -2.13. The Morgan fingerprint density at radius 3 is 2.70 bits per heavy atom. The normalized spacial score (nSPS) is 12.4. The molecule has 0 aliphatic rings. The van der Waals surface area contributed by atoms with Gasteiger partial charge in [0.25, 0.3) is 5.91 Å². The number of aryl methyl sites for hydroxylation is 3. The molecule has 0 saturated carbocycles. The van der Waals surface area contributed by atoms with E-state index in [1.807, 2.05) is 24.7 Å². The molecular formula is C13H18ClN5O. The number of nitrogens with zero attached hydrogens (tertiary/aromatic N) is 4. The number of nitrogens with one attached hydrogen (secondary N) is 1. The third kappa shape index (κ3) is 2.85. The molecule has 2 aromatic heterocycles. The van der Waals surface area contributed by atoms with E-state index in [0.29, 0.717) is 23.0 Å². The molecule has 1 atom stereocenters. The standard InChI is InChI=1S/C13H18ClN5O/c1-8-5-16-19(7-8)9(2)6-15-13(20)12-11(14)10(3)17-18(12)4/h5,7,9H,6H2,1-4H3,(H,15,20). The van der Waals surface area contributed by atoms with Crippen molar-refractivity contribution in [2.75, 3.05) is 6.54 Å². The summed E-state index contributed by atoms with van der Waals surface area (Å²) in [5.74, 6) is -0.228. The van der Waals surface area contributed by atoms with Crippen molar-refractivity contribution in [2.45, 2.75) is 26.8 Å². The lowest BCUT2D eigenvalue weighted by Crippen LogP contribution is -2.31. The van der Waals surface area contributed by atoms with Crippen molar-refractivity contribution in [1.82, 2.24) is 24.9 Å². The van der Waals surface area contributed by atoms with E-state index in [4.69, 9.17) is 11.6 Å². The van der Waals surface area contributed by atoms with Crippen molar-refractivity contribution in [3.05, 3.63) is 34.4 Å². The van der Waals surface area contributed by atoms with Gasteiger partial charge in [-0.15, -0.1) is 0 Å². The maximum absolute atomic E-state index is 12.2. The average molecular weight is 296 g/mol. The van der Waals surface area contributed by atoms with E-state index in [0.717, 1.165) is 5.56 Å². The maximum atomic E-state index is 12.2. The van der Waals surface area contributed by atoms with Gasteiger partial charge in [-0.2, -0.15) is 10.2 Å². The second-order valence-corrected chi connectivity index (χ2v) is 5.31. The first-order chi connectivity index (χ1) is 9.40. The zero-order valence-corrected chi connectivity index (χ0v) is 12.8. The molecule has 108 valence electrons. The highest BCUT2D eigenvalue weighted by atomic mass is 35.5. The van der Waals surface area contributed by atoms with Crippen LogP contribution in [0.4, 0.5) is 0 Å². The number of amides is 1. The van der Waals surface area contributed by atoms with Crippen molar-refractivity contribution in [2.24, 2.45) is 7.05 Å². The molecule has 2 aromatic rings. The molecule has 1 N–H and O–H groups in total. The third-order valence-electron chi connectivity index (χ3n) is 3.10. The Morgan fingerprint density at radius 2 is 2.20 bits per heavy atom. The van der Waals surface area contributed by atoms with Gasteiger partial charge < -0.3 is 5.32 Å². The Hall–Kier alpha value is -1.82. The van der Waals surface area contributed by atoms with Crippen molar-refractivity contribution < 1.29 is 4.79 Å². The number of hydrogen-bond acceptors (Lipinski definition) is 3. The molecule has 2 rings (SSSR count). The molecule has 2 heterocycles. The molecule has 0 saturated heterocycles. The van der Waals surface area contributed by atoms with Crippen LogP contribution in [0.25, 0.3) is 0 Å². The van der Waals surface area contributed by atoms with Crippen molar-refractivity contribution >= 4 is 17.5 Å². The number of carbonyl (C=O) groups is 1. The molecule has 0 aromatic carbocycles. The first kappa shape index (κ1) is 14.6. The van der Waals surface area contributed by atoms with E-state index in [9.17, 15) is 4.79 Å². The van der Waals surface area contributed by atoms with Crippen molar-refractivity contribution in [3.63, 3.8) is 0 Å². The molecule has 0 bridgehead atoms. The van der Waals surface area contributed by atoms with Crippen LogP contribution in [0.3, 0.4) is 0 Å². The van der Waals surface area contributed by atoms with Crippen LogP contribution >= 0.6 is 11.6 Å². The summed E-state index contributed by atoms with van der Waals surface area (Å²) in [5.41, 5.74) is 2.12. The van der Waals surface area contributed by atoms with Crippen LogP contribution in [0.1, 0.15) is 34.7 Å². The summed E-state index contributed by atoms with van der Waals surface area (Å²) in [6.07, 6.45) is 3.73. The largest absolute Gasteiger partial charge is 0.349 e. The molecule has 0 fully saturated rings. The van der Waals surface area contributed by atoms with Crippen LogP contribution in [0, 0.1) is 13.8 Å². The minimum absolute atomic E-state index is 0.0701. The van der Waals surface area contributed by atoms with E-state index in [2.05, 4.69) is 15.5 Å². The van der Waals surface area contributed by atoms with Gasteiger partial charge in [-0.25, -0.2) is 0 Å². The lowest BCUT2D eigenvalue weighted by atomic mass is 10.3. The minimum Gasteiger partial charge on any atom is -0.349 e. The molecule has 20 heavy (non-hydrogen) atoms. The number of halogens is 1. The smallest absolute Gasteiger partial charge is 0.271 e. The highest BCUT2D eigenvalue weighted by Crippen LogP contribution is 2.19. The van der Waals surface area contributed by atoms with Crippen molar-refractivity contribution in [3.8, 4) is 0 Å². The fraction of sp³-hybridized carbons (Fsp3) is 0.462. The maximum Gasteiger partial charge on any atom is 0.271 e. The first-order valence-corrected chi connectivity index (χ1v) is 6.76. The Balaban J connectivity index is 2.02. The van der Waals surface area contributed by atoms with Crippen LogP contribution in [-0.2, 0) is 7.05 Å². The van der Waals surface area contributed by atoms with Crippen LogP contribution in [-0.4, -0.2) is 32.0 Å². The molecule has 6 nitrogen and oxygen atoms in total. The fourth-order valence-corrected chi connectivity index (χ4v) is 2.22. The van der Waals surface area contributed by atoms with Crippen molar-refractivity contribution in [1.29, 1.82) is 0 Å². The van der Waals surface area contributed by atoms with Crippen LogP contribution in [0.2, 0.25) is 5.02 Å². The zero-order chi connectivity index (χ0) is 14.9. The summed E-state index contributed by atoms with van der Waals surface area (Å²) in [4.78, 5) is 12.2. The number of aromatic nitrogens is 4. The SMILES string of the molecule is Cc1cnn(C(C)CNC(=O)c2c(Cl)c(C)nn2C)c1. The van der Waals surface area contributed by atoms with E-state index in [-0.39, 0.29) is 11.9 Å². The van der Waals surface area contributed by atoms with Gasteiger partial charge in [0.15, 0.2) is 0 Å². The highest BCUT2D eigenvalue weighted by molar-refractivity contribution is 6.34. The number of carbonyl (C=O) groups excluding carboxylic acids is 1. The number of rotatable bonds is 4. The summed E-state index contributed by atoms with van der Waals surface area (Å²) >= 11 is 6.08. The van der Waals surface area contributed by atoms with Crippen LogP contribution in [0.15, 0.2) is 12.4 Å². The van der Waals surface area contributed by atoms with E-state index in [1.165, 1.54) is 4.68 Å². The van der Waals surface area contributed by atoms with Gasteiger partial charge in [0.05, 0.1) is 23.0 Å². The summed E-state index contributed by atoms with van der Waals surface area (Å²) < 4.78 is 3.32. The quantitative estimate of drug-likeness (QED) is 0.936. The molecule has 1 amide bonds. The van der Waals surface area contributed by atoms with Gasteiger partial charge in [0.2, 0.25) is 0 Å². The Kier molecular flexibility index (Phi) is 4.13. The predicted octanol–water partition coefficient (Wildman–Crippen LogP) is 1.88. The van der Waals surface area contributed by atoms with E-state index < -0.39 is 0 Å². The second-order valence-electron chi connectivity index (χ2n) is 4.93. The van der Waals surface area contributed by atoms with Gasteiger partial charge in [0.1, 0.15) is 5.69 Å². The van der Waals surface area contributed by atoms with E-state index >= 15 is 0 Å². The second kappa shape index (κ2) is 5.66. The Labute approximate surface area is 122 Å². The molecule has 0 radical (unpaired) electrons. The molecule has 7 heteroatoms. The van der Waals surface area contributed by atoms with Gasteiger partial charge in [-0.3, -0.25) is 14.2 Å². The van der Waals surface area contributed by atoms with Gasteiger partial charge >= 0.3 is 0 Å². The van der Waals surface area contributed by atoms with Gasteiger partial charge in [-0.1, -0.05) is 11.6 Å². The zero-order valence-electron chi connectivity index (χ0n) is 12.0. The summed E-state index contributed by atoms with van der Waals surface area (Å²) in [6.45, 7) is 6.21. The monoisotopic (exact) mass is 295 g/mol. The molecule has 0 aliphatic carbocycles. The summed E-state index contributed by atoms with van der Waals surface area (Å²) in [5, 5.41) is 11.6. The summed E-state index contributed by atoms with van der Waals surface area (Å²) in [6, 6.07) is 0.0701. The fourth-order valence-electron chi connectivity index (χ4n) is 1.97.